The van der Waals surface area contributed by atoms with Gasteiger partial charge < -0.3 is 9.47 Å². The molecule has 3 aromatic rings. The van der Waals surface area contributed by atoms with Crippen molar-refractivity contribution in [1.82, 2.24) is 0 Å². The summed E-state index contributed by atoms with van der Waals surface area (Å²) in [5.41, 5.74) is 1.47. The van der Waals surface area contributed by atoms with E-state index in [0.29, 0.717) is 18.0 Å². The van der Waals surface area contributed by atoms with E-state index in [1.807, 2.05) is 60.7 Å². The molecule has 0 amide bonds. The molecule has 3 aromatic carbocycles. The molecular formula is C26H31ClN2O2. The van der Waals surface area contributed by atoms with Gasteiger partial charge in [-0.1, -0.05) is 87.6 Å². The van der Waals surface area contributed by atoms with E-state index < -0.39 is 6.29 Å². The number of ether oxygens (including phenoxy) is 2. The zero-order chi connectivity index (χ0) is 21.7. The number of hydrogen-bond donors (Lipinski definition) is 0. The fraction of sp³-hybridized carbons (Fsp3) is 0.385. The summed E-state index contributed by atoms with van der Waals surface area (Å²) in [5, 5.41) is 11.0. The number of azo groups is 1. The molecule has 0 aliphatic carbocycles. The van der Waals surface area contributed by atoms with Crippen LogP contribution in [0.3, 0.4) is 0 Å². The second-order valence-electron chi connectivity index (χ2n) is 7.51. The Morgan fingerprint density at radius 3 is 2.35 bits per heavy atom. The van der Waals surface area contributed by atoms with Gasteiger partial charge in [0.25, 0.3) is 0 Å². The summed E-state index contributed by atoms with van der Waals surface area (Å²) in [6, 6.07) is 21.7. The van der Waals surface area contributed by atoms with Gasteiger partial charge in [-0.15, -0.1) is 16.7 Å². The van der Waals surface area contributed by atoms with Crippen LogP contribution in [0.1, 0.15) is 45.4 Å². The Labute approximate surface area is 190 Å². The Balaban J connectivity index is 1.70. The lowest BCUT2D eigenvalue weighted by molar-refractivity contribution is -0.0648. The summed E-state index contributed by atoms with van der Waals surface area (Å²) in [6.45, 7) is 2.87. The summed E-state index contributed by atoms with van der Waals surface area (Å²) in [7, 11) is 0. The molecule has 0 saturated heterocycles. The monoisotopic (exact) mass is 438 g/mol. The Morgan fingerprint density at radius 1 is 0.806 bits per heavy atom. The van der Waals surface area contributed by atoms with Crippen LogP contribution in [0.4, 0.5) is 11.4 Å². The minimum absolute atomic E-state index is 0.248. The molecule has 1 atom stereocenters. The van der Waals surface area contributed by atoms with Crippen molar-refractivity contribution in [2.24, 2.45) is 10.2 Å². The standard InChI is InChI=1S/C26H31ClN2O2/c1-2-3-4-5-6-12-19-30-25(20-27)31-24-18-17-21-13-10-11-16-23(21)26(24)29-28-22-14-8-7-9-15-22/h7-11,13-18,25H,2-6,12,19-20H2,1H3. The van der Waals surface area contributed by atoms with Crippen LogP contribution >= 0.6 is 11.6 Å². The van der Waals surface area contributed by atoms with Crippen LogP contribution in [0, 0.1) is 0 Å². The third-order valence-corrected chi connectivity index (χ3v) is 5.32. The molecule has 0 saturated carbocycles. The molecule has 3 rings (SSSR count). The normalized spacial score (nSPS) is 12.5. The van der Waals surface area contributed by atoms with Gasteiger partial charge in [0, 0.05) is 5.39 Å². The number of nitrogens with zero attached hydrogens (tertiary/aromatic N) is 2. The van der Waals surface area contributed by atoms with Gasteiger partial charge >= 0.3 is 0 Å². The molecular weight excluding hydrogens is 408 g/mol. The van der Waals surface area contributed by atoms with Gasteiger partial charge in [-0.2, -0.15) is 5.11 Å². The second-order valence-corrected chi connectivity index (χ2v) is 7.82. The number of alkyl halides is 1. The summed E-state index contributed by atoms with van der Waals surface area (Å²) >= 11 is 6.14. The van der Waals surface area contributed by atoms with Crippen LogP contribution < -0.4 is 4.74 Å². The first-order chi connectivity index (χ1) is 15.3. The average molecular weight is 439 g/mol. The molecule has 0 aliphatic rings. The first kappa shape index (κ1) is 23.2. The van der Waals surface area contributed by atoms with Crippen LogP contribution in [0.15, 0.2) is 77.0 Å². The second kappa shape index (κ2) is 13.1. The van der Waals surface area contributed by atoms with Crippen LogP contribution in [0.2, 0.25) is 0 Å². The number of halogens is 1. The van der Waals surface area contributed by atoms with E-state index in [4.69, 9.17) is 21.1 Å². The van der Waals surface area contributed by atoms with E-state index in [2.05, 4.69) is 23.2 Å². The zero-order valence-electron chi connectivity index (χ0n) is 18.2. The number of benzene rings is 3. The highest BCUT2D eigenvalue weighted by molar-refractivity contribution is 6.18. The lowest BCUT2D eigenvalue weighted by Crippen LogP contribution is -2.23. The Hall–Kier alpha value is -2.43. The smallest absolute Gasteiger partial charge is 0.213 e. The van der Waals surface area contributed by atoms with Gasteiger partial charge in [0.15, 0.2) is 5.75 Å². The average Bonchev–Trinajstić information content (AvgIpc) is 2.82. The quantitative estimate of drug-likeness (QED) is 0.116. The predicted octanol–water partition coefficient (Wildman–Crippen LogP) is 8.58. The molecule has 0 fully saturated rings. The van der Waals surface area contributed by atoms with Crippen molar-refractivity contribution in [3.63, 3.8) is 0 Å². The van der Waals surface area contributed by atoms with Crippen molar-refractivity contribution in [2.75, 3.05) is 12.5 Å². The largest absolute Gasteiger partial charge is 0.461 e. The third kappa shape index (κ3) is 7.34. The van der Waals surface area contributed by atoms with Gasteiger partial charge in [0.05, 0.1) is 18.2 Å². The van der Waals surface area contributed by atoms with E-state index in [9.17, 15) is 0 Å². The molecule has 5 heteroatoms. The number of fused-ring (bicyclic) bond motifs is 1. The van der Waals surface area contributed by atoms with Crippen molar-refractivity contribution in [3.8, 4) is 5.75 Å². The maximum atomic E-state index is 6.14. The molecule has 0 aliphatic heterocycles. The highest BCUT2D eigenvalue weighted by Gasteiger charge is 2.15. The van der Waals surface area contributed by atoms with E-state index in [-0.39, 0.29) is 5.88 Å². The number of hydrogen-bond acceptors (Lipinski definition) is 4. The van der Waals surface area contributed by atoms with Gasteiger partial charge in [0.1, 0.15) is 5.69 Å². The van der Waals surface area contributed by atoms with Crippen molar-refractivity contribution in [1.29, 1.82) is 0 Å². The van der Waals surface area contributed by atoms with Gasteiger partial charge in [-0.05, 0) is 30.0 Å². The molecule has 31 heavy (non-hydrogen) atoms. The topological polar surface area (TPSA) is 43.2 Å². The lowest BCUT2D eigenvalue weighted by Gasteiger charge is -2.19. The highest BCUT2D eigenvalue weighted by Crippen LogP contribution is 2.37. The lowest BCUT2D eigenvalue weighted by atomic mass is 10.1. The number of unbranched alkanes of at least 4 members (excludes halogenated alkanes) is 5. The molecule has 0 bridgehead atoms. The molecule has 0 N–H and O–H groups in total. The summed E-state index contributed by atoms with van der Waals surface area (Å²) in [4.78, 5) is 0. The van der Waals surface area contributed by atoms with E-state index in [1.165, 1.54) is 32.1 Å². The van der Waals surface area contributed by atoms with Crippen molar-refractivity contribution >= 4 is 33.7 Å². The van der Waals surface area contributed by atoms with E-state index in [1.54, 1.807) is 0 Å². The summed E-state index contributed by atoms with van der Waals surface area (Å²) in [6.07, 6.45) is 6.76. The molecule has 0 heterocycles. The molecule has 164 valence electrons. The Morgan fingerprint density at radius 2 is 1.55 bits per heavy atom. The van der Waals surface area contributed by atoms with Crippen molar-refractivity contribution < 1.29 is 9.47 Å². The van der Waals surface area contributed by atoms with E-state index >= 15 is 0 Å². The molecule has 0 aromatic heterocycles. The Bertz CT molecular complexity index is 947. The minimum atomic E-state index is -0.524. The summed E-state index contributed by atoms with van der Waals surface area (Å²) in [5.74, 6) is 0.866. The van der Waals surface area contributed by atoms with Crippen molar-refractivity contribution in [3.05, 3.63) is 66.7 Å². The van der Waals surface area contributed by atoms with Crippen LogP contribution in [-0.2, 0) is 4.74 Å². The first-order valence-electron chi connectivity index (χ1n) is 11.1. The van der Waals surface area contributed by atoms with E-state index in [0.717, 1.165) is 22.9 Å². The van der Waals surface area contributed by atoms with Gasteiger partial charge in [-0.25, -0.2) is 0 Å². The zero-order valence-corrected chi connectivity index (χ0v) is 18.9. The van der Waals surface area contributed by atoms with Crippen LogP contribution in [0.25, 0.3) is 10.8 Å². The Kier molecular flexibility index (Phi) is 9.81. The minimum Gasteiger partial charge on any atom is -0.461 e. The number of rotatable bonds is 13. The molecule has 1 unspecified atom stereocenters. The highest BCUT2D eigenvalue weighted by atomic mass is 35.5. The summed E-state index contributed by atoms with van der Waals surface area (Å²) < 4.78 is 12.0. The van der Waals surface area contributed by atoms with Crippen LogP contribution in [-0.4, -0.2) is 18.8 Å². The van der Waals surface area contributed by atoms with Crippen LogP contribution in [0.5, 0.6) is 5.75 Å². The predicted molar refractivity (Wildman–Crippen MR) is 129 cm³/mol. The third-order valence-electron chi connectivity index (χ3n) is 5.07. The van der Waals surface area contributed by atoms with Gasteiger partial charge in [0.2, 0.25) is 6.29 Å². The molecule has 4 nitrogen and oxygen atoms in total. The first-order valence-corrected chi connectivity index (χ1v) is 11.7. The molecule has 0 spiro atoms. The molecule has 0 radical (unpaired) electrons. The maximum absolute atomic E-state index is 6.14. The maximum Gasteiger partial charge on any atom is 0.213 e. The van der Waals surface area contributed by atoms with Gasteiger partial charge in [-0.3, -0.25) is 0 Å². The SMILES string of the molecule is CCCCCCCCOC(CCl)Oc1ccc2ccccc2c1N=Nc1ccccc1. The fourth-order valence-electron chi connectivity index (χ4n) is 3.38. The van der Waals surface area contributed by atoms with Crippen molar-refractivity contribution in [2.45, 2.75) is 51.7 Å². The fourth-order valence-corrected chi connectivity index (χ4v) is 3.54.